The highest BCUT2D eigenvalue weighted by Crippen LogP contribution is 2.27. The first kappa shape index (κ1) is 13.5. The Hall–Kier alpha value is -1.53. The molecular formula is C10H14F3N3O. The summed E-state index contributed by atoms with van der Waals surface area (Å²) in [6.45, 7) is 4.14. The van der Waals surface area contributed by atoms with Crippen molar-refractivity contribution in [2.45, 2.75) is 26.6 Å². The number of aromatic nitrogens is 2. The largest absolute Gasteiger partial charge is 0.435 e. The van der Waals surface area contributed by atoms with E-state index in [9.17, 15) is 18.0 Å². The average molecular weight is 249 g/mol. The molecule has 0 bridgehead atoms. The van der Waals surface area contributed by atoms with Gasteiger partial charge in [-0.05, 0) is 12.0 Å². The molecule has 0 aliphatic rings. The van der Waals surface area contributed by atoms with Gasteiger partial charge in [0, 0.05) is 12.7 Å². The maximum atomic E-state index is 12.2. The van der Waals surface area contributed by atoms with Crippen LogP contribution in [0.5, 0.6) is 0 Å². The van der Waals surface area contributed by atoms with E-state index in [4.69, 9.17) is 0 Å². The Balaban J connectivity index is 2.52. The number of hydrogen-bond donors (Lipinski definition) is 1. The second-order valence-corrected chi connectivity index (χ2v) is 4.09. The lowest BCUT2D eigenvalue weighted by molar-refractivity contribution is -0.141. The molecule has 0 aliphatic heterocycles. The van der Waals surface area contributed by atoms with E-state index in [1.165, 1.54) is 0 Å². The zero-order valence-electron chi connectivity index (χ0n) is 9.58. The smallest absolute Gasteiger partial charge is 0.354 e. The zero-order chi connectivity index (χ0) is 13.1. The van der Waals surface area contributed by atoms with Crippen LogP contribution in [0.25, 0.3) is 0 Å². The van der Waals surface area contributed by atoms with Crippen LogP contribution in [0.15, 0.2) is 12.3 Å². The Bertz CT molecular complexity index is 384. The molecule has 1 aromatic rings. The molecule has 0 aliphatic carbocycles. The van der Waals surface area contributed by atoms with Gasteiger partial charge in [0.1, 0.15) is 6.54 Å². The summed E-state index contributed by atoms with van der Waals surface area (Å²) in [7, 11) is 0. The second kappa shape index (κ2) is 5.20. The predicted octanol–water partition coefficient (Wildman–Crippen LogP) is 1.67. The van der Waals surface area contributed by atoms with Crippen LogP contribution in [0.3, 0.4) is 0 Å². The average Bonchev–Trinajstić information content (AvgIpc) is 2.62. The van der Waals surface area contributed by atoms with Crippen LogP contribution in [-0.4, -0.2) is 22.2 Å². The molecule has 0 saturated heterocycles. The van der Waals surface area contributed by atoms with E-state index in [1.54, 1.807) is 0 Å². The fourth-order valence-electron chi connectivity index (χ4n) is 1.12. The van der Waals surface area contributed by atoms with Gasteiger partial charge < -0.3 is 5.32 Å². The first-order valence-electron chi connectivity index (χ1n) is 5.16. The van der Waals surface area contributed by atoms with Gasteiger partial charge in [-0.3, -0.25) is 9.48 Å². The standard InChI is InChI=1S/C10H14F3N3O/c1-7(2)5-14-9(17)6-16-4-3-8(15-16)10(11,12)13/h3-4,7H,5-6H2,1-2H3,(H,14,17). The molecule has 0 saturated carbocycles. The molecule has 1 amide bonds. The predicted molar refractivity (Wildman–Crippen MR) is 55.1 cm³/mol. The highest BCUT2D eigenvalue weighted by Gasteiger charge is 2.33. The van der Waals surface area contributed by atoms with Gasteiger partial charge in [0.2, 0.25) is 5.91 Å². The summed E-state index contributed by atoms with van der Waals surface area (Å²) >= 11 is 0. The van der Waals surface area contributed by atoms with Gasteiger partial charge in [-0.15, -0.1) is 0 Å². The van der Waals surface area contributed by atoms with Crippen molar-refractivity contribution in [1.82, 2.24) is 15.1 Å². The molecule has 1 N–H and O–H groups in total. The van der Waals surface area contributed by atoms with E-state index < -0.39 is 11.9 Å². The van der Waals surface area contributed by atoms with Crippen LogP contribution in [0.4, 0.5) is 13.2 Å². The summed E-state index contributed by atoms with van der Waals surface area (Å²) in [5.74, 6) is -0.0576. The number of halogens is 3. The lowest BCUT2D eigenvalue weighted by Gasteiger charge is -2.07. The lowest BCUT2D eigenvalue weighted by Crippen LogP contribution is -2.30. The minimum atomic E-state index is -4.47. The van der Waals surface area contributed by atoms with E-state index in [1.807, 2.05) is 13.8 Å². The molecular weight excluding hydrogens is 235 g/mol. The van der Waals surface area contributed by atoms with Gasteiger partial charge in [-0.25, -0.2) is 0 Å². The number of rotatable bonds is 4. The van der Waals surface area contributed by atoms with Crippen molar-refractivity contribution < 1.29 is 18.0 Å². The van der Waals surface area contributed by atoms with Crippen molar-refractivity contribution in [3.8, 4) is 0 Å². The molecule has 0 fully saturated rings. The first-order chi connectivity index (χ1) is 7.79. The molecule has 4 nitrogen and oxygen atoms in total. The molecule has 7 heteroatoms. The number of carbonyl (C=O) groups excluding carboxylic acids is 1. The van der Waals surface area contributed by atoms with Crippen LogP contribution < -0.4 is 5.32 Å². The Morgan fingerprint density at radius 2 is 2.18 bits per heavy atom. The molecule has 0 aromatic carbocycles. The van der Waals surface area contributed by atoms with Crippen molar-refractivity contribution in [1.29, 1.82) is 0 Å². The minimum absolute atomic E-state index is 0.206. The van der Waals surface area contributed by atoms with Gasteiger partial charge in [0.05, 0.1) is 0 Å². The molecule has 0 unspecified atom stereocenters. The van der Waals surface area contributed by atoms with E-state index >= 15 is 0 Å². The number of hydrogen-bond acceptors (Lipinski definition) is 2. The van der Waals surface area contributed by atoms with Gasteiger partial charge in [0.15, 0.2) is 5.69 Å². The van der Waals surface area contributed by atoms with Crippen LogP contribution in [0.1, 0.15) is 19.5 Å². The molecule has 96 valence electrons. The fourth-order valence-corrected chi connectivity index (χ4v) is 1.12. The summed E-state index contributed by atoms with van der Waals surface area (Å²) in [6.07, 6.45) is -3.34. The minimum Gasteiger partial charge on any atom is -0.354 e. The van der Waals surface area contributed by atoms with E-state index in [2.05, 4.69) is 10.4 Å². The third-order valence-electron chi connectivity index (χ3n) is 1.94. The number of amides is 1. The molecule has 0 radical (unpaired) electrons. The number of carbonyl (C=O) groups is 1. The summed E-state index contributed by atoms with van der Waals surface area (Å²) in [5.41, 5.74) is -0.992. The highest BCUT2D eigenvalue weighted by molar-refractivity contribution is 5.75. The van der Waals surface area contributed by atoms with Crippen LogP contribution in [-0.2, 0) is 17.5 Å². The number of nitrogens with one attached hydrogen (secondary N) is 1. The summed E-state index contributed by atoms with van der Waals surface area (Å²) in [5, 5.41) is 5.88. The van der Waals surface area contributed by atoms with Crippen molar-refractivity contribution >= 4 is 5.91 Å². The maximum absolute atomic E-state index is 12.2. The Morgan fingerprint density at radius 3 is 2.65 bits per heavy atom. The number of alkyl halides is 3. The van der Waals surface area contributed by atoms with Crippen molar-refractivity contribution in [3.63, 3.8) is 0 Å². The van der Waals surface area contributed by atoms with E-state index in [0.717, 1.165) is 16.9 Å². The molecule has 1 heterocycles. The van der Waals surface area contributed by atoms with Gasteiger partial charge in [-0.2, -0.15) is 18.3 Å². The quantitative estimate of drug-likeness (QED) is 0.882. The van der Waals surface area contributed by atoms with Gasteiger partial charge in [0.25, 0.3) is 0 Å². The van der Waals surface area contributed by atoms with Gasteiger partial charge in [-0.1, -0.05) is 13.8 Å². The third kappa shape index (κ3) is 4.46. The maximum Gasteiger partial charge on any atom is 0.435 e. The van der Waals surface area contributed by atoms with Crippen LogP contribution in [0.2, 0.25) is 0 Å². The first-order valence-corrected chi connectivity index (χ1v) is 5.16. The van der Waals surface area contributed by atoms with Crippen LogP contribution >= 0.6 is 0 Å². The SMILES string of the molecule is CC(C)CNC(=O)Cn1ccc(C(F)(F)F)n1. The monoisotopic (exact) mass is 249 g/mol. The fraction of sp³-hybridized carbons (Fsp3) is 0.600. The normalized spacial score (nSPS) is 11.9. The van der Waals surface area contributed by atoms with Crippen LogP contribution in [0, 0.1) is 5.92 Å². The molecule has 0 atom stereocenters. The molecule has 17 heavy (non-hydrogen) atoms. The van der Waals surface area contributed by atoms with Crippen molar-refractivity contribution in [2.24, 2.45) is 5.92 Å². The molecule has 1 aromatic heterocycles. The molecule has 1 rings (SSSR count). The summed E-state index contributed by atoms with van der Waals surface area (Å²) in [4.78, 5) is 11.3. The second-order valence-electron chi connectivity index (χ2n) is 4.09. The molecule has 0 spiro atoms. The zero-order valence-corrected chi connectivity index (χ0v) is 9.58. The van der Waals surface area contributed by atoms with E-state index in [-0.39, 0.29) is 12.5 Å². The Morgan fingerprint density at radius 1 is 1.53 bits per heavy atom. The summed E-state index contributed by atoms with van der Waals surface area (Å²) in [6, 6.07) is 0.843. The van der Waals surface area contributed by atoms with Crippen molar-refractivity contribution in [3.05, 3.63) is 18.0 Å². The van der Waals surface area contributed by atoms with Crippen molar-refractivity contribution in [2.75, 3.05) is 6.54 Å². The van der Waals surface area contributed by atoms with Gasteiger partial charge >= 0.3 is 6.18 Å². The summed E-state index contributed by atoms with van der Waals surface area (Å²) < 4.78 is 37.6. The number of nitrogens with zero attached hydrogens (tertiary/aromatic N) is 2. The third-order valence-corrected chi connectivity index (χ3v) is 1.94. The Labute approximate surface area is 96.8 Å². The lowest BCUT2D eigenvalue weighted by atomic mass is 10.2. The topological polar surface area (TPSA) is 46.9 Å². The van der Waals surface area contributed by atoms with E-state index in [0.29, 0.717) is 12.5 Å². The highest BCUT2D eigenvalue weighted by atomic mass is 19.4. The Kier molecular flexibility index (Phi) is 4.14.